The fraction of sp³-hybridized carbons (Fsp3) is 0.250. The van der Waals surface area contributed by atoms with Gasteiger partial charge in [0.2, 0.25) is 15.9 Å². The highest BCUT2D eigenvalue weighted by atomic mass is 32.2. The lowest BCUT2D eigenvalue weighted by atomic mass is 10.1. The average Bonchev–Trinajstić information content (AvgIpc) is 2.67. The molecule has 0 aliphatic rings. The zero-order chi connectivity index (χ0) is 19.9. The van der Waals surface area contributed by atoms with Gasteiger partial charge in [-0.2, -0.15) is 0 Å². The second-order valence-corrected chi connectivity index (χ2v) is 8.09. The molecule has 0 heterocycles. The van der Waals surface area contributed by atoms with Crippen LogP contribution in [-0.2, 0) is 14.8 Å². The summed E-state index contributed by atoms with van der Waals surface area (Å²) in [4.78, 5) is 12.1. The molecule has 0 saturated carbocycles. The van der Waals surface area contributed by atoms with Crippen molar-refractivity contribution >= 4 is 27.2 Å². The van der Waals surface area contributed by atoms with E-state index in [1.54, 1.807) is 31.4 Å². The molecule has 2 aromatic carbocycles. The van der Waals surface area contributed by atoms with Crippen LogP contribution in [0.25, 0.3) is 5.57 Å². The molecule has 27 heavy (non-hydrogen) atoms. The van der Waals surface area contributed by atoms with E-state index in [-0.39, 0.29) is 18.2 Å². The molecule has 0 fully saturated rings. The summed E-state index contributed by atoms with van der Waals surface area (Å²) in [6, 6.07) is 16.2. The number of ether oxygens (including phenoxy) is 1. The Bertz CT molecular complexity index is 891. The Hall–Kier alpha value is -2.80. The van der Waals surface area contributed by atoms with Gasteiger partial charge in [0.15, 0.2) is 0 Å². The number of hydrogen-bond donors (Lipinski definition) is 1. The van der Waals surface area contributed by atoms with Crippen LogP contribution in [0.15, 0.2) is 60.7 Å². The zero-order valence-electron chi connectivity index (χ0n) is 15.7. The standard InChI is InChI=1S/C20H24N2O4S/c1-16(17-9-11-19(26-3)12-10-17)15-20(23)21-13-14-27(24,25)22(2)18-7-5-4-6-8-18/h4-12,15H,13-14H2,1-3H3,(H,21,23)/b16-15+. The molecule has 0 radical (unpaired) electrons. The Labute approximate surface area is 160 Å². The lowest BCUT2D eigenvalue weighted by molar-refractivity contribution is -0.116. The quantitative estimate of drug-likeness (QED) is 0.706. The van der Waals surface area contributed by atoms with Crippen molar-refractivity contribution in [3.63, 3.8) is 0 Å². The summed E-state index contributed by atoms with van der Waals surface area (Å²) in [6.45, 7) is 1.85. The molecule has 0 bridgehead atoms. The van der Waals surface area contributed by atoms with E-state index >= 15 is 0 Å². The van der Waals surface area contributed by atoms with E-state index in [1.807, 2.05) is 37.3 Å². The number of para-hydroxylation sites is 1. The van der Waals surface area contributed by atoms with E-state index in [0.717, 1.165) is 16.9 Å². The number of allylic oxidation sites excluding steroid dienone is 1. The Balaban J connectivity index is 1.90. The summed E-state index contributed by atoms with van der Waals surface area (Å²) in [7, 11) is -0.421. The number of carbonyl (C=O) groups excluding carboxylic acids is 1. The fourth-order valence-electron chi connectivity index (χ4n) is 2.42. The molecule has 0 aliphatic carbocycles. The van der Waals surface area contributed by atoms with Crippen LogP contribution in [-0.4, -0.2) is 40.8 Å². The van der Waals surface area contributed by atoms with E-state index in [1.165, 1.54) is 17.4 Å². The molecule has 7 heteroatoms. The van der Waals surface area contributed by atoms with Crippen LogP contribution >= 0.6 is 0 Å². The molecule has 0 saturated heterocycles. The maximum Gasteiger partial charge on any atom is 0.244 e. The first-order valence-corrected chi connectivity index (χ1v) is 10.1. The van der Waals surface area contributed by atoms with E-state index < -0.39 is 10.0 Å². The summed E-state index contributed by atoms with van der Waals surface area (Å²) < 4.78 is 31.1. The minimum atomic E-state index is -3.51. The second-order valence-electron chi connectivity index (χ2n) is 5.97. The minimum absolute atomic E-state index is 0.0325. The first-order chi connectivity index (χ1) is 12.8. The second kappa shape index (κ2) is 9.23. The van der Waals surface area contributed by atoms with Crippen LogP contribution < -0.4 is 14.4 Å². The predicted octanol–water partition coefficient (Wildman–Crippen LogP) is 2.68. The van der Waals surface area contributed by atoms with Crippen LogP contribution in [0.2, 0.25) is 0 Å². The van der Waals surface area contributed by atoms with Gasteiger partial charge in [-0.3, -0.25) is 9.10 Å². The molecular formula is C20H24N2O4S. The molecule has 0 aliphatic heterocycles. The van der Waals surface area contributed by atoms with Crippen molar-refractivity contribution in [3.8, 4) is 5.75 Å². The Morgan fingerprint density at radius 2 is 1.74 bits per heavy atom. The maximum atomic E-state index is 12.4. The molecule has 0 atom stereocenters. The first-order valence-electron chi connectivity index (χ1n) is 8.45. The van der Waals surface area contributed by atoms with Gasteiger partial charge in [0.05, 0.1) is 18.6 Å². The lowest BCUT2D eigenvalue weighted by Gasteiger charge is -2.19. The topological polar surface area (TPSA) is 75.7 Å². The van der Waals surface area contributed by atoms with Gasteiger partial charge in [0.1, 0.15) is 5.75 Å². The Morgan fingerprint density at radius 3 is 2.33 bits per heavy atom. The van der Waals surface area contributed by atoms with Crippen molar-refractivity contribution in [1.29, 1.82) is 0 Å². The molecule has 2 aromatic rings. The highest BCUT2D eigenvalue weighted by molar-refractivity contribution is 7.92. The van der Waals surface area contributed by atoms with Crippen molar-refractivity contribution in [2.45, 2.75) is 6.92 Å². The number of carbonyl (C=O) groups is 1. The summed E-state index contributed by atoms with van der Waals surface area (Å²) in [5.74, 6) is 0.226. The van der Waals surface area contributed by atoms with Gasteiger partial charge in [-0.05, 0) is 42.3 Å². The first kappa shape index (κ1) is 20.5. The largest absolute Gasteiger partial charge is 0.497 e. The van der Waals surface area contributed by atoms with Crippen LogP contribution in [0, 0.1) is 0 Å². The number of rotatable bonds is 8. The third kappa shape index (κ3) is 5.86. The van der Waals surface area contributed by atoms with Crippen LogP contribution in [0.3, 0.4) is 0 Å². The van der Waals surface area contributed by atoms with E-state index in [4.69, 9.17) is 4.74 Å². The Kier molecular flexibility index (Phi) is 7.01. The number of amides is 1. The van der Waals surface area contributed by atoms with Gasteiger partial charge in [-0.25, -0.2) is 8.42 Å². The van der Waals surface area contributed by atoms with Crippen LogP contribution in [0.1, 0.15) is 12.5 Å². The van der Waals surface area contributed by atoms with Gasteiger partial charge in [-0.15, -0.1) is 0 Å². The number of anilines is 1. The summed E-state index contributed by atoms with van der Waals surface area (Å²) >= 11 is 0. The van der Waals surface area contributed by atoms with Crippen LogP contribution in [0.4, 0.5) is 5.69 Å². The molecule has 1 amide bonds. The SMILES string of the molecule is COc1ccc(/C(C)=C/C(=O)NCCS(=O)(=O)N(C)c2ccccc2)cc1. The summed E-state index contributed by atoms with van der Waals surface area (Å²) in [6.07, 6.45) is 1.45. The molecule has 144 valence electrons. The monoisotopic (exact) mass is 388 g/mol. The smallest absolute Gasteiger partial charge is 0.244 e. The number of sulfonamides is 1. The van der Waals surface area contributed by atoms with Crippen LogP contribution in [0.5, 0.6) is 5.75 Å². The molecule has 0 unspecified atom stereocenters. The highest BCUT2D eigenvalue weighted by Gasteiger charge is 2.18. The summed E-state index contributed by atoms with van der Waals surface area (Å²) in [5, 5.41) is 2.62. The van der Waals surface area contributed by atoms with Crippen molar-refractivity contribution < 1.29 is 17.9 Å². The predicted molar refractivity (Wildman–Crippen MR) is 108 cm³/mol. The fourth-order valence-corrected chi connectivity index (χ4v) is 3.50. The Morgan fingerprint density at radius 1 is 1.11 bits per heavy atom. The molecular weight excluding hydrogens is 364 g/mol. The normalized spacial score (nSPS) is 11.7. The minimum Gasteiger partial charge on any atom is -0.497 e. The summed E-state index contributed by atoms with van der Waals surface area (Å²) in [5.41, 5.74) is 2.25. The van der Waals surface area contributed by atoms with Gasteiger partial charge in [0, 0.05) is 19.7 Å². The third-order valence-electron chi connectivity index (χ3n) is 4.09. The number of nitrogens with one attached hydrogen (secondary N) is 1. The van der Waals surface area contributed by atoms with Crippen molar-refractivity contribution in [2.75, 3.05) is 30.8 Å². The van der Waals surface area contributed by atoms with Crippen molar-refractivity contribution in [2.24, 2.45) is 0 Å². The molecule has 1 N–H and O–H groups in total. The van der Waals surface area contributed by atoms with E-state index in [9.17, 15) is 13.2 Å². The number of benzene rings is 2. The van der Waals surface area contributed by atoms with Crippen molar-refractivity contribution in [1.82, 2.24) is 5.32 Å². The number of methoxy groups -OCH3 is 1. The third-order valence-corrected chi connectivity index (χ3v) is 5.85. The number of nitrogens with zero attached hydrogens (tertiary/aromatic N) is 1. The zero-order valence-corrected chi connectivity index (χ0v) is 16.5. The van der Waals surface area contributed by atoms with E-state index in [2.05, 4.69) is 5.32 Å². The molecule has 6 nitrogen and oxygen atoms in total. The van der Waals surface area contributed by atoms with E-state index in [0.29, 0.717) is 5.69 Å². The van der Waals surface area contributed by atoms with Gasteiger partial charge in [-0.1, -0.05) is 30.3 Å². The molecule has 0 aromatic heterocycles. The lowest BCUT2D eigenvalue weighted by Crippen LogP contribution is -2.35. The highest BCUT2D eigenvalue weighted by Crippen LogP contribution is 2.18. The maximum absolute atomic E-state index is 12.4. The average molecular weight is 388 g/mol. The molecule has 0 spiro atoms. The van der Waals surface area contributed by atoms with Gasteiger partial charge in [0.25, 0.3) is 0 Å². The molecule has 2 rings (SSSR count). The van der Waals surface area contributed by atoms with Gasteiger partial charge < -0.3 is 10.1 Å². The number of hydrogen-bond acceptors (Lipinski definition) is 4. The van der Waals surface area contributed by atoms with Gasteiger partial charge >= 0.3 is 0 Å². The van der Waals surface area contributed by atoms with Crippen molar-refractivity contribution in [3.05, 3.63) is 66.2 Å².